The van der Waals surface area contributed by atoms with Crippen molar-refractivity contribution >= 4 is 18.0 Å². The van der Waals surface area contributed by atoms with Gasteiger partial charge in [-0.25, -0.2) is 4.79 Å². The topological polar surface area (TPSA) is 79.2 Å². The molecule has 0 aliphatic rings. The van der Waals surface area contributed by atoms with E-state index in [0.717, 1.165) is 5.56 Å². The quantitative estimate of drug-likeness (QED) is 0.647. The molecule has 23 heavy (non-hydrogen) atoms. The third-order valence-electron chi connectivity index (χ3n) is 3.64. The molecule has 0 aliphatic heterocycles. The van der Waals surface area contributed by atoms with Gasteiger partial charge in [-0.2, -0.15) is 5.26 Å². The number of esters is 1. The van der Waals surface area contributed by atoms with E-state index in [4.69, 9.17) is 4.74 Å². The molecule has 0 spiro atoms. The van der Waals surface area contributed by atoms with Crippen molar-refractivity contribution in [1.29, 1.82) is 5.26 Å². The Hall–Kier alpha value is -2.61. The first-order chi connectivity index (χ1) is 10.8. The molecule has 1 rings (SSSR count). The SMILES string of the molecule is CC(OC(=O)/C=C/c1ccccc1)C(=O)NC(C)(C#N)C(C)C. The third-order valence-corrected chi connectivity index (χ3v) is 3.64. The van der Waals surface area contributed by atoms with Crippen molar-refractivity contribution in [1.82, 2.24) is 5.32 Å². The van der Waals surface area contributed by atoms with Gasteiger partial charge in [0.15, 0.2) is 6.10 Å². The van der Waals surface area contributed by atoms with Gasteiger partial charge in [-0.15, -0.1) is 0 Å². The Labute approximate surface area is 137 Å². The molecule has 2 unspecified atom stereocenters. The van der Waals surface area contributed by atoms with Gasteiger partial charge in [0.1, 0.15) is 5.54 Å². The molecule has 5 heteroatoms. The monoisotopic (exact) mass is 314 g/mol. The lowest BCUT2D eigenvalue weighted by Crippen LogP contribution is -2.52. The lowest BCUT2D eigenvalue weighted by molar-refractivity contribution is -0.150. The number of nitriles is 1. The molecule has 2 atom stereocenters. The average Bonchev–Trinajstić information content (AvgIpc) is 2.53. The zero-order valence-electron chi connectivity index (χ0n) is 13.9. The van der Waals surface area contributed by atoms with Crippen molar-refractivity contribution in [2.75, 3.05) is 0 Å². The average molecular weight is 314 g/mol. The molecular weight excluding hydrogens is 292 g/mol. The molecule has 0 aromatic heterocycles. The Kier molecular flexibility index (Phi) is 6.52. The Morgan fingerprint density at radius 3 is 2.39 bits per heavy atom. The van der Waals surface area contributed by atoms with Crippen molar-refractivity contribution in [3.8, 4) is 6.07 Å². The normalized spacial score (nSPS) is 14.8. The molecule has 0 bridgehead atoms. The van der Waals surface area contributed by atoms with Crippen LogP contribution < -0.4 is 5.32 Å². The summed E-state index contributed by atoms with van der Waals surface area (Å²) in [6.07, 6.45) is 1.90. The van der Waals surface area contributed by atoms with E-state index in [1.54, 1.807) is 13.0 Å². The summed E-state index contributed by atoms with van der Waals surface area (Å²) in [5, 5.41) is 11.8. The first kappa shape index (κ1) is 18.4. The maximum absolute atomic E-state index is 12.1. The van der Waals surface area contributed by atoms with Crippen LogP contribution in [0.4, 0.5) is 0 Å². The summed E-state index contributed by atoms with van der Waals surface area (Å²) >= 11 is 0. The number of carbonyl (C=O) groups is 2. The Morgan fingerprint density at radius 2 is 1.87 bits per heavy atom. The second-order valence-electron chi connectivity index (χ2n) is 5.78. The molecule has 1 aromatic carbocycles. The van der Waals surface area contributed by atoms with E-state index in [2.05, 4.69) is 11.4 Å². The van der Waals surface area contributed by atoms with Gasteiger partial charge in [0.25, 0.3) is 5.91 Å². The zero-order chi connectivity index (χ0) is 17.5. The van der Waals surface area contributed by atoms with Gasteiger partial charge in [-0.1, -0.05) is 44.2 Å². The molecule has 0 fully saturated rings. The van der Waals surface area contributed by atoms with Crippen LogP contribution in [-0.2, 0) is 14.3 Å². The number of rotatable bonds is 6. The van der Waals surface area contributed by atoms with Crippen LogP contribution in [0.2, 0.25) is 0 Å². The Bertz CT molecular complexity index is 617. The lowest BCUT2D eigenvalue weighted by Gasteiger charge is -2.28. The van der Waals surface area contributed by atoms with Crippen LogP contribution in [0.1, 0.15) is 33.3 Å². The van der Waals surface area contributed by atoms with Crippen LogP contribution in [0.25, 0.3) is 6.08 Å². The molecule has 0 aliphatic carbocycles. The summed E-state index contributed by atoms with van der Waals surface area (Å²) in [6.45, 7) is 6.78. The summed E-state index contributed by atoms with van der Waals surface area (Å²) in [5.74, 6) is -1.18. The van der Waals surface area contributed by atoms with E-state index in [0.29, 0.717) is 0 Å². The molecule has 1 amide bonds. The number of carbonyl (C=O) groups excluding carboxylic acids is 2. The molecule has 122 valence electrons. The maximum atomic E-state index is 12.1. The number of hydrogen-bond acceptors (Lipinski definition) is 4. The Balaban J connectivity index is 2.60. The van der Waals surface area contributed by atoms with Crippen LogP contribution in [0, 0.1) is 17.2 Å². The van der Waals surface area contributed by atoms with Crippen molar-refractivity contribution < 1.29 is 14.3 Å². The van der Waals surface area contributed by atoms with Crippen molar-refractivity contribution in [2.24, 2.45) is 5.92 Å². The first-order valence-corrected chi connectivity index (χ1v) is 7.45. The van der Waals surface area contributed by atoms with Crippen molar-refractivity contribution in [3.63, 3.8) is 0 Å². The highest BCUT2D eigenvalue weighted by Crippen LogP contribution is 2.15. The first-order valence-electron chi connectivity index (χ1n) is 7.45. The highest BCUT2D eigenvalue weighted by Gasteiger charge is 2.32. The van der Waals surface area contributed by atoms with Crippen LogP contribution in [0.3, 0.4) is 0 Å². The number of ether oxygens (including phenoxy) is 1. The second kappa shape index (κ2) is 8.14. The summed E-state index contributed by atoms with van der Waals surface area (Å²) in [7, 11) is 0. The zero-order valence-corrected chi connectivity index (χ0v) is 13.9. The third kappa shape index (κ3) is 5.59. The fraction of sp³-hybridized carbons (Fsp3) is 0.389. The van der Waals surface area contributed by atoms with Gasteiger partial charge in [-0.05, 0) is 31.4 Å². The lowest BCUT2D eigenvalue weighted by atomic mass is 9.90. The minimum absolute atomic E-state index is 0.0719. The highest BCUT2D eigenvalue weighted by molar-refractivity contribution is 5.90. The summed E-state index contributed by atoms with van der Waals surface area (Å²) in [4.78, 5) is 23.8. The number of benzene rings is 1. The van der Waals surface area contributed by atoms with Crippen molar-refractivity contribution in [3.05, 3.63) is 42.0 Å². The molecule has 5 nitrogen and oxygen atoms in total. The van der Waals surface area contributed by atoms with E-state index in [-0.39, 0.29) is 5.92 Å². The van der Waals surface area contributed by atoms with E-state index in [9.17, 15) is 14.9 Å². The fourth-order valence-electron chi connectivity index (χ4n) is 1.65. The maximum Gasteiger partial charge on any atom is 0.331 e. The smallest absolute Gasteiger partial charge is 0.331 e. The largest absolute Gasteiger partial charge is 0.449 e. The Morgan fingerprint density at radius 1 is 1.26 bits per heavy atom. The van der Waals surface area contributed by atoms with E-state index < -0.39 is 23.5 Å². The summed E-state index contributed by atoms with van der Waals surface area (Å²) in [6, 6.07) is 11.4. The van der Waals surface area contributed by atoms with Gasteiger partial charge >= 0.3 is 5.97 Å². The molecule has 1 aromatic rings. The summed E-state index contributed by atoms with van der Waals surface area (Å²) < 4.78 is 5.06. The number of nitrogens with one attached hydrogen (secondary N) is 1. The number of amides is 1. The van der Waals surface area contributed by atoms with Gasteiger partial charge in [0.2, 0.25) is 0 Å². The fourth-order valence-corrected chi connectivity index (χ4v) is 1.65. The van der Waals surface area contributed by atoms with Crippen LogP contribution in [-0.4, -0.2) is 23.5 Å². The molecule has 0 saturated heterocycles. The van der Waals surface area contributed by atoms with Crippen LogP contribution in [0.15, 0.2) is 36.4 Å². The van der Waals surface area contributed by atoms with Gasteiger partial charge in [0, 0.05) is 6.08 Å². The van der Waals surface area contributed by atoms with Crippen LogP contribution in [0.5, 0.6) is 0 Å². The second-order valence-corrected chi connectivity index (χ2v) is 5.78. The molecular formula is C18H22N2O3. The van der Waals surface area contributed by atoms with Crippen LogP contribution >= 0.6 is 0 Å². The standard InChI is InChI=1S/C18H22N2O3/c1-13(2)18(4,12-19)20-17(22)14(3)23-16(21)11-10-15-8-6-5-7-9-15/h5-11,13-14H,1-4H3,(H,20,22)/b11-10+. The molecule has 0 saturated carbocycles. The van der Waals surface area contributed by atoms with E-state index >= 15 is 0 Å². The van der Waals surface area contributed by atoms with Gasteiger partial charge < -0.3 is 10.1 Å². The summed E-state index contributed by atoms with van der Waals surface area (Å²) in [5.41, 5.74) is -0.143. The highest BCUT2D eigenvalue weighted by atomic mass is 16.5. The minimum Gasteiger partial charge on any atom is -0.449 e. The van der Waals surface area contributed by atoms with Gasteiger partial charge in [0.05, 0.1) is 6.07 Å². The number of nitrogens with zero attached hydrogens (tertiary/aromatic N) is 1. The number of hydrogen-bond donors (Lipinski definition) is 1. The minimum atomic E-state index is -1.00. The molecule has 0 heterocycles. The predicted octanol–water partition coefficient (Wildman–Crippen LogP) is 2.69. The van der Waals surface area contributed by atoms with Crippen molar-refractivity contribution in [2.45, 2.75) is 39.3 Å². The van der Waals surface area contributed by atoms with E-state index in [1.165, 1.54) is 13.0 Å². The molecule has 0 radical (unpaired) electrons. The van der Waals surface area contributed by atoms with E-state index in [1.807, 2.05) is 44.2 Å². The molecule has 1 N–H and O–H groups in total. The predicted molar refractivity (Wildman–Crippen MR) is 88.0 cm³/mol. The van der Waals surface area contributed by atoms with Gasteiger partial charge in [-0.3, -0.25) is 4.79 Å².